The number of thiazole rings is 1. The predicted molar refractivity (Wildman–Crippen MR) is 101 cm³/mol. The van der Waals surface area contributed by atoms with Crippen molar-refractivity contribution in [2.75, 3.05) is 0 Å². The van der Waals surface area contributed by atoms with Crippen LogP contribution < -0.4 is 10.1 Å². The zero-order chi connectivity index (χ0) is 17.5. The first kappa shape index (κ1) is 16.3. The number of rotatable bonds is 5. The van der Waals surface area contributed by atoms with Gasteiger partial charge >= 0.3 is 0 Å². The number of ether oxygens (including phenoxy) is 1. The lowest BCUT2D eigenvalue weighted by atomic mass is 9.79. The topological polar surface area (TPSA) is 51.2 Å². The fraction of sp³-hybridized carbons (Fsp3) is 0.524. The van der Waals surface area contributed by atoms with E-state index < -0.39 is 0 Å². The van der Waals surface area contributed by atoms with Gasteiger partial charge in [-0.05, 0) is 67.6 Å². The van der Waals surface area contributed by atoms with Crippen molar-refractivity contribution in [1.82, 2.24) is 10.3 Å². The summed E-state index contributed by atoms with van der Waals surface area (Å²) in [6, 6.07) is 7.86. The van der Waals surface area contributed by atoms with Crippen LogP contribution in [0.4, 0.5) is 0 Å². The number of nitrogens with zero attached hydrogens (tertiary/aromatic N) is 1. The van der Waals surface area contributed by atoms with E-state index in [1.165, 1.54) is 32.1 Å². The van der Waals surface area contributed by atoms with E-state index in [0.717, 1.165) is 29.2 Å². The van der Waals surface area contributed by atoms with Crippen LogP contribution in [0.25, 0.3) is 0 Å². The largest absolute Gasteiger partial charge is 0.487 e. The van der Waals surface area contributed by atoms with Crippen LogP contribution in [0.2, 0.25) is 0 Å². The highest BCUT2D eigenvalue weighted by molar-refractivity contribution is 7.07. The van der Waals surface area contributed by atoms with E-state index in [2.05, 4.69) is 10.3 Å². The van der Waals surface area contributed by atoms with Gasteiger partial charge in [-0.25, -0.2) is 4.98 Å². The number of aromatic nitrogens is 1. The van der Waals surface area contributed by atoms with Gasteiger partial charge in [0.1, 0.15) is 12.4 Å². The molecular formula is C21H24N2O2S. The number of benzene rings is 1. The summed E-state index contributed by atoms with van der Waals surface area (Å²) >= 11 is 1.56. The van der Waals surface area contributed by atoms with Gasteiger partial charge in [-0.15, -0.1) is 11.3 Å². The van der Waals surface area contributed by atoms with Crippen molar-refractivity contribution in [3.63, 3.8) is 0 Å². The van der Waals surface area contributed by atoms with Crippen molar-refractivity contribution in [2.45, 2.75) is 44.8 Å². The summed E-state index contributed by atoms with van der Waals surface area (Å²) in [6.45, 7) is 0.435. The summed E-state index contributed by atoms with van der Waals surface area (Å²) in [6.07, 6.45) is 6.69. The third-order valence-corrected chi connectivity index (χ3v) is 7.35. The quantitative estimate of drug-likeness (QED) is 0.857. The number of amides is 1. The molecule has 1 amide bonds. The van der Waals surface area contributed by atoms with Crippen LogP contribution in [0, 0.1) is 23.7 Å². The van der Waals surface area contributed by atoms with Crippen molar-refractivity contribution >= 4 is 17.2 Å². The van der Waals surface area contributed by atoms with E-state index in [9.17, 15) is 4.79 Å². The predicted octanol–water partition coefficient (Wildman–Crippen LogP) is 4.28. The van der Waals surface area contributed by atoms with E-state index in [-0.39, 0.29) is 5.91 Å². The molecule has 0 spiro atoms. The summed E-state index contributed by atoms with van der Waals surface area (Å²) in [4.78, 5) is 17.0. The molecule has 1 aromatic heterocycles. The van der Waals surface area contributed by atoms with Crippen LogP contribution in [0.15, 0.2) is 35.2 Å². The maximum atomic E-state index is 12.8. The minimum Gasteiger partial charge on any atom is -0.487 e. The molecular weight excluding hydrogens is 344 g/mol. The maximum Gasteiger partial charge on any atom is 0.251 e. The van der Waals surface area contributed by atoms with Crippen LogP contribution in [0.3, 0.4) is 0 Å². The lowest BCUT2D eigenvalue weighted by Crippen LogP contribution is -2.42. The highest BCUT2D eigenvalue weighted by atomic mass is 32.1. The van der Waals surface area contributed by atoms with Crippen LogP contribution in [-0.2, 0) is 6.61 Å². The molecule has 136 valence electrons. The second kappa shape index (κ2) is 6.69. The van der Waals surface area contributed by atoms with Gasteiger partial charge < -0.3 is 10.1 Å². The first-order valence-electron chi connectivity index (χ1n) is 9.69. The summed E-state index contributed by atoms with van der Waals surface area (Å²) in [5.74, 6) is 4.14. The highest BCUT2D eigenvalue weighted by Gasteiger charge is 2.54. The van der Waals surface area contributed by atoms with E-state index in [4.69, 9.17) is 4.74 Å². The summed E-state index contributed by atoms with van der Waals surface area (Å²) in [7, 11) is 0. The summed E-state index contributed by atoms with van der Waals surface area (Å²) in [5.41, 5.74) is 3.40. The molecule has 1 aromatic carbocycles. The fourth-order valence-electron chi connectivity index (χ4n) is 5.68. The molecule has 5 rings (SSSR count). The molecule has 26 heavy (non-hydrogen) atoms. The average Bonchev–Trinajstić information content (AvgIpc) is 3.42. The van der Waals surface area contributed by atoms with E-state index >= 15 is 0 Å². The maximum absolute atomic E-state index is 12.8. The van der Waals surface area contributed by atoms with Crippen LogP contribution >= 0.6 is 11.3 Å². The number of nitrogens with one attached hydrogen (secondary N) is 1. The first-order chi connectivity index (χ1) is 12.8. The van der Waals surface area contributed by atoms with Gasteiger partial charge in [-0.1, -0.05) is 12.5 Å². The molecule has 2 bridgehead atoms. The summed E-state index contributed by atoms with van der Waals surface area (Å²) < 4.78 is 5.78. The minimum atomic E-state index is 0.0382. The van der Waals surface area contributed by atoms with E-state index in [1.807, 2.05) is 29.6 Å². The third-order valence-electron chi connectivity index (χ3n) is 6.71. The second-order valence-electron chi connectivity index (χ2n) is 8.03. The Morgan fingerprint density at radius 2 is 2.15 bits per heavy atom. The Kier molecular flexibility index (Phi) is 4.20. The van der Waals surface area contributed by atoms with Gasteiger partial charge in [0.25, 0.3) is 5.91 Å². The van der Waals surface area contributed by atoms with Crippen molar-refractivity contribution in [3.05, 3.63) is 46.4 Å². The average molecular weight is 369 g/mol. The Hall–Kier alpha value is -1.88. The van der Waals surface area contributed by atoms with Crippen molar-refractivity contribution in [1.29, 1.82) is 0 Å². The van der Waals surface area contributed by atoms with Crippen molar-refractivity contribution in [3.8, 4) is 5.75 Å². The number of fused-ring (bicyclic) bond motifs is 5. The van der Waals surface area contributed by atoms with E-state index in [1.54, 1.807) is 16.8 Å². The number of hydrogen-bond donors (Lipinski definition) is 1. The number of carbonyl (C=O) groups is 1. The molecule has 2 aromatic rings. The molecule has 0 saturated heterocycles. The van der Waals surface area contributed by atoms with Gasteiger partial charge in [0.05, 0.1) is 11.2 Å². The van der Waals surface area contributed by atoms with Gasteiger partial charge in [-0.3, -0.25) is 4.79 Å². The Morgan fingerprint density at radius 3 is 3.04 bits per heavy atom. The summed E-state index contributed by atoms with van der Waals surface area (Å²) in [5, 5.41) is 5.31. The lowest BCUT2D eigenvalue weighted by molar-refractivity contribution is 0.0900. The van der Waals surface area contributed by atoms with Crippen LogP contribution in [0.1, 0.15) is 48.2 Å². The first-order valence-corrected chi connectivity index (χ1v) is 10.6. The molecule has 3 saturated carbocycles. The Labute approximate surface area is 158 Å². The number of carbonyl (C=O) groups excluding carboxylic acids is 1. The molecule has 4 nitrogen and oxygen atoms in total. The Bertz CT molecular complexity index is 791. The van der Waals surface area contributed by atoms with Gasteiger partial charge in [0.15, 0.2) is 0 Å². The standard InChI is InChI=1S/C21H24N2O2S/c24-21(23-20-9-14-8-19(20)18-6-2-5-17(14)18)13-3-1-4-16(7-13)25-10-15-11-26-12-22-15/h1,3-4,7,11-12,14,17-20H,2,5-6,8-10H2,(H,23,24). The van der Waals surface area contributed by atoms with Gasteiger partial charge in [0.2, 0.25) is 0 Å². The Morgan fingerprint density at radius 1 is 1.23 bits per heavy atom. The van der Waals surface area contributed by atoms with Gasteiger partial charge in [0, 0.05) is 17.0 Å². The van der Waals surface area contributed by atoms with Crippen LogP contribution in [0.5, 0.6) is 5.75 Å². The third kappa shape index (κ3) is 2.92. The molecule has 3 aliphatic carbocycles. The molecule has 5 atom stereocenters. The fourth-order valence-corrected chi connectivity index (χ4v) is 6.22. The normalized spacial score (nSPS) is 31.8. The molecule has 3 aliphatic rings. The SMILES string of the molecule is O=C(NC1CC2CC1C1CCCC21)c1cccc(OCc2cscn2)c1. The monoisotopic (exact) mass is 368 g/mol. The molecule has 1 heterocycles. The zero-order valence-electron chi connectivity index (χ0n) is 14.8. The number of hydrogen-bond acceptors (Lipinski definition) is 4. The molecule has 0 radical (unpaired) electrons. The zero-order valence-corrected chi connectivity index (χ0v) is 15.6. The van der Waals surface area contributed by atoms with Crippen molar-refractivity contribution < 1.29 is 9.53 Å². The van der Waals surface area contributed by atoms with E-state index in [0.29, 0.717) is 24.1 Å². The lowest BCUT2D eigenvalue weighted by Gasteiger charge is -2.32. The Balaban J connectivity index is 1.23. The molecule has 5 heteroatoms. The second-order valence-corrected chi connectivity index (χ2v) is 8.75. The highest BCUT2D eigenvalue weighted by Crippen LogP contribution is 2.58. The molecule has 3 fully saturated rings. The van der Waals surface area contributed by atoms with Crippen molar-refractivity contribution in [2.24, 2.45) is 23.7 Å². The smallest absolute Gasteiger partial charge is 0.251 e. The van der Waals surface area contributed by atoms with Crippen LogP contribution in [-0.4, -0.2) is 16.9 Å². The molecule has 0 aliphatic heterocycles. The van der Waals surface area contributed by atoms with Gasteiger partial charge in [-0.2, -0.15) is 0 Å². The molecule has 1 N–H and O–H groups in total. The molecule has 5 unspecified atom stereocenters. The minimum absolute atomic E-state index is 0.0382.